The Hall–Kier alpha value is -1.62. The van der Waals surface area contributed by atoms with E-state index in [9.17, 15) is 14.0 Å². The molecule has 2 amide bonds. The van der Waals surface area contributed by atoms with Crippen LogP contribution in [0, 0.1) is 17.2 Å². The number of carbonyl (C=O) groups is 2. The Balaban J connectivity index is 1.41. The highest BCUT2D eigenvalue weighted by Gasteiger charge is 2.51. The van der Waals surface area contributed by atoms with E-state index in [0.717, 1.165) is 51.7 Å². The number of carbonyl (C=O) groups excluding carboxylic acids is 2. The second-order valence-electron chi connectivity index (χ2n) is 8.35. The number of amides is 2. The number of hydrogen-bond donors (Lipinski definition) is 0. The van der Waals surface area contributed by atoms with Crippen LogP contribution in [0.1, 0.15) is 55.3 Å². The van der Waals surface area contributed by atoms with E-state index < -0.39 is 5.82 Å². The van der Waals surface area contributed by atoms with Gasteiger partial charge in [0, 0.05) is 38.2 Å². The van der Waals surface area contributed by atoms with Crippen molar-refractivity contribution in [1.29, 1.82) is 0 Å². The van der Waals surface area contributed by atoms with Gasteiger partial charge in [0.1, 0.15) is 5.82 Å². The zero-order valence-electron chi connectivity index (χ0n) is 15.6. The number of likely N-dealkylation sites (tertiary alicyclic amines) is 2. The molecule has 1 atom stereocenters. The minimum atomic E-state index is -0.511. The highest BCUT2D eigenvalue weighted by atomic mass is 35.5. The van der Waals surface area contributed by atoms with E-state index in [4.69, 9.17) is 11.6 Å². The van der Waals surface area contributed by atoms with Crippen molar-refractivity contribution in [2.45, 2.75) is 44.9 Å². The number of benzene rings is 1. The minimum Gasteiger partial charge on any atom is -0.343 e. The van der Waals surface area contributed by atoms with Crippen molar-refractivity contribution in [3.8, 4) is 0 Å². The molecular formula is C21H26ClFN2O2. The number of nitrogens with zero attached hydrogens (tertiary/aromatic N) is 2. The predicted molar refractivity (Wildman–Crippen MR) is 102 cm³/mol. The Morgan fingerprint density at radius 1 is 1.15 bits per heavy atom. The zero-order chi connectivity index (χ0) is 19.0. The van der Waals surface area contributed by atoms with Crippen molar-refractivity contribution < 1.29 is 14.0 Å². The third-order valence-corrected chi connectivity index (χ3v) is 7.07. The molecule has 0 aromatic heterocycles. The molecular weight excluding hydrogens is 367 g/mol. The van der Waals surface area contributed by atoms with Crippen molar-refractivity contribution in [1.82, 2.24) is 9.80 Å². The lowest BCUT2D eigenvalue weighted by Gasteiger charge is -2.43. The van der Waals surface area contributed by atoms with Gasteiger partial charge in [-0.05, 0) is 61.6 Å². The summed E-state index contributed by atoms with van der Waals surface area (Å²) in [6.07, 6.45) is 7.11. The van der Waals surface area contributed by atoms with Gasteiger partial charge in [0.15, 0.2) is 0 Å². The van der Waals surface area contributed by atoms with Gasteiger partial charge >= 0.3 is 0 Å². The van der Waals surface area contributed by atoms with Crippen molar-refractivity contribution in [2.75, 3.05) is 26.2 Å². The molecule has 2 heterocycles. The summed E-state index contributed by atoms with van der Waals surface area (Å²) in [5.74, 6) is 0.0367. The molecule has 2 aliphatic heterocycles. The smallest absolute Gasteiger partial charge is 0.253 e. The molecule has 146 valence electrons. The van der Waals surface area contributed by atoms with Crippen molar-refractivity contribution in [3.63, 3.8) is 0 Å². The first-order chi connectivity index (χ1) is 13.0. The summed E-state index contributed by atoms with van der Waals surface area (Å²) in [6, 6.07) is 4.16. The molecule has 0 bridgehead atoms. The molecule has 4 rings (SSSR count). The second-order valence-corrected chi connectivity index (χ2v) is 8.76. The van der Waals surface area contributed by atoms with Gasteiger partial charge < -0.3 is 9.80 Å². The average molecular weight is 393 g/mol. The third-order valence-electron chi connectivity index (χ3n) is 6.78. The summed E-state index contributed by atoms with van der Waals surface area (Å²) in [6.45, 7) is 3.21. The van der Waals surface area contributed by atoms with Crippen LogP contribution in [-0.2, 0) is 4.79 Å². The molecule has 1 aromatic carbocycles. The average Bonchev–Trinajstić information content (AvgIpc) is 3.29. The lowest BCUT2D eigenvalue weighted by Crippen LogP contribution is -2.39. The standard InChI is InChI=1S/C21H26ClFN2O2/c22-17-12-15(4-6-18(17)23)20(27)25-13-16(21(14-25)8-3-9-21)5-7-19(26)24-10-1-2-11-24/h4,6,12,16H,1-3,5,7-11,13-14H2. The quantitative estimate of drug-likeness (QED) is 0.773. The normalized spacial score (nSPS) is 23.7. The summed E-state index contributed by atoms with van der Waals surface area (Å²) in [5.41, 5.74) is 0.606. The van der Waals surface area contributed by atoms with Gasteiger partial charge in [0.25, 0.3) is 5.91 Å². The maximum absolute atomic E-state index is 13.4. The Kier molecular flexibility index (Phi) is 5.15. The zero-order valence-corrected chi connectivity index (χ0v) is 16.3. The maximum atomic E-state index is 13.4. The van der Waals surface area contributed by atoms with E-state index in [2.05, 4.69) is 0 Å². The lowest BCUT2D eigenvalue weighted by atomic mass is 9.62. The van der Waals surface area contributed by atoms with Gasteiger partial charge in [0.2, 0.25) is 5.91 Å². The summed E-state index contributed by atoms with van der Waals surface area (Å²) >= 11 is 5.85. The Labute approximate surface area is 164 Å². The molecule has 6 heteroatoms. The van der Waals surface area contributed by atoms with Crippen LogP contribution < -0.4 is 0 Å². The first-order valence-corrected chi connectivity index (χ1v) is 10.4. The first-order valence-electron chi connectivity index (χ1n) is 10.0. The molecule has 3 aliphatic rings. The number of hydrogen-bond acceptors (Lipinski definition) is 2. The first kappa shape index (κ1) is 18.7. The van der Waals surface area contributed by atoms with Crippen LogP contribution >= 0.6 is 11.6 Å². The SMILES string of the molecule is O=C(CCC1CN(C(=O)c2ccc(F)c(Cl)c2)CC12CCC2)N1CCCC1. The van der Waals surface area contributed by atoms with Crippen LogP contribution in [0.3, 0.4) is 0 Å². The molecule has 1 aliphatic carbocycles. The number of halogens is 2. The van der Waals surface area contributed by atoms with Crippen LogP contribution in [0.2, 0.25) is 5.02 Å². The van der Waals surface area contributed by atoms with Gasteiger partial charge in [-0.1, -0.05) is 18.0 Å². The monoisotopic (exact) mass is 392 g/mol. The Bertz CT molecular complexity index is 744. The van der Waals surface area contributed by atoms with Gasteiger partial charge in [-0.25, -0.2) is 4.39 Å². The van der Waals surface area contributed by atoms with Crippen LogP contribution in [0.25, 0.3) is 0 Å². The highest BCUT2D eigenvalue weighted by Crippen LogP contribution is 2.53. The van der Waals surface area contributed by atoms with E-state index >= 15 is 0 Å². The lowest BCUT2D eigenvalue weighted by molar-refractivity contribution is -0.130. The molecule has 0 N–H and O–H groups in total. The molecule has 4 nitrogen and oxygen atoms in total. The summed E-state index contributed by atoms with van der Waals surface area (Å²) in [4.78, 5) is 29.2. The van der Waals surface area contributed by atoms with E-state index in [-0.39, 0.29) is 22.3 Å². The second kappa shape index (κ2) is 7.42. The largest absolute Gasteiger partial charge is 0.343 e. The highest BCUT2D eigenvalue weighted by molar-refractivity contribution is 6.31. The molecule has 27 heavy (non-hydrogen) atoms. The minimum absolute atomic E-state index is 0.0221. The van der Waals surface area contributed by atoms with Crippen molar-refractivity contribution in [2.24, 2.45) is 11.3 Å². The van der Waals surface area contributed by atoms with E-state index in [1.807, 2.05) is 9.80 Å². The fraction of sp³-hybridized carbons (Fsp3) is 0.619. The van der Waals surface area contributed by atoms with Crippen LogP contribution in [0.5, 0.6) is 0 Å². The summed E-state index contributed by atoms with van der Waals surface area (Å²) in [7, 11) is 0. The molecule has 1 aromatic rings. The van der Waals surface area contributed by atoms with Gasteiger partial charge in [-0.2, -0.15) is 0 Å². The predicted octanol–water partition coefficient (Wildman–Crippen LogP) is 4.12. The van der Waals surface area contributed by atoms with E-state index in [1.165, 1.54) is 24.6 Å². The topological polar surface area (TPSA) is 40.6 Å². The molecule has 1 unspecified atom stereocenters. The Morgan fingerprint density at radius 2 is 1.89 bits per heavy atom. The molecule has 0 radical (unpaired) electrons. The fourth-order valence-corrected chi connectivity index (χ4v) is 5.20. The molecule has 1 saturated carbocycles. The molecule has 1 spiro atoms. The van der Waals surface area contributed by atoms with Crippen molar-refractivity contribution in [3.05, 3.63) is 34.6 Å². The van der Waals surface area contributed by atoms with Gasteiger partial charge in [0.05, 0.1) is 5.02 Å². The van der Waals surface area contributed by atoms with E-state index in [0.29, 0.717) is 24.4 Å². The van der Waals surface area contributed by atoms with Crippen LogP contribution in [0.4, 0.5) is 4.39 Å². The molecule has 3 fully saturated rings. The Morgan fingerprint density at radius 3 is 2.52 bits per heavy atom. The van der Waals surface area contributed by atoms with E-state index in [1.54, 1.807) is 0 Å². The van der Waals surface area contributed by atoms with Gasteiger partial charge in [-0.15, -0.1) is 0 Å². The summed E-state index contributed by atoms with van der Waals surface area (Å²) in [5, 5.41) is -0.0221. The van der Waals surface area contributed by atoms with Crippen LogP contribution in [-0.4, -0.2) is 47.8 Å². The third kappa shape index (κ3) is 3.58. The van der Waals surface area contributed by atoms with Crippen LogP contribution in [0.15, 0.2) is 18.2 Å². The van der Waals surface area contributed by atoms with Crippen molar-refractivity contribution >= 4 is 23.4 Å². The molecule has 2 saturated heterocycles. The fourth-order valence-electron chi connectivity index (χ4n) is 5.02. The van der Waals surface area contributed by atoms with Gasteiger partial charge in [-0.3, -0.25) is 9.59 Å². The number of rotatable bonds is 4. The summed E-state index contributed by atoms with van der Waals surface area (Å²) < 4.78 is 13.4. The maximum Gasteiger partial charge on any atom is 0.253 e.